The molecular formula is C10H13K3N2O8. The molecule has 0 atom stereocenters. The van der Waals surface area contributed by atoms with E-state index in [2.05, 4.69) is 0 Å². The van der Waals surface area contributed by atoms with Gasteiger partial charge in [0.2, 0.25) is 0 Å². The van der Waals surface area contributed by atoms with Crippen molar-refractivity contribution in [1.82, 2.24) is 9.80 Å². The predicted octanol–water partition coefficient (Wildman–Crippen LogP) is -16.3. The first-order chi connectivity index (χ1) is 9.20. The van der Waals surface area contributed by atoms with Gasteiger partial charge in [0, 0.05) is 39.3 Å². The first-order valence-corrected chi connectivity index (χ1v) is 5.44. The molecule has 114 valence electrons. The van der Waals surface area contributed by atoms with Crippen LogP contribution in [0, 0.1) is 0 Å². The van der Waals surface area contributed by atoms with Crippen LogP contribution in [0.2, 0.25) is 0 Å². The number of rotatable bonds is 11. The molecule has 0 fully saturated rings. The number of aliphatic carboxylic acids is 4. The Morgan fingerprint density at radius 2 is 0.739 bits per heavy atom. The van der Waals surface area contributed by atoms with Gasteiger partial charge in [-0.15, -0.1) is 0 Å². The van der Waals surface area contributed by atoms with Crippen molar-refractivity contribution < 1.29 is 195 Å². The minimum atomic E-state index is -1.53. The number of carbonyl (C=O) groups excluding carboxylic acids is 4. The number of hydrogen-bond donors (Lipinski definition) is 0. The number of carbonyl (C=O) groups is 4. The van der Waals surface area contributed by atoms with E-state index < -0.39 is 50.1 Å². The normalized spacial score (nSPS) is 9.30. The molecule has 0 rings (SSSR count). The number of carboxylic acid groups (broad SMARTS) is 4. The van der Waals surface area contributed by atoms with E-state index in [9.17, 15) is 39.6 Å². The van der Waals surface area contributed by atoms with E-state index in [0.717, 1.165) is 9.80 Å². The fourth-order valence-corrected chi connectivity index (χ4v) is 1.44. The van der Waals surface area contributed by atoms with Gasteiger partial charge >= 0.3 is 156 Å². The summed E-state index contributed by atoms with van der Waals surface area (Å²) in [5.41, 5.74) is 0. The second kappa shape index (κ2) is 19.5. The molecule has 0 aromatic rings. The number of nitrogens with zero attached hydrogens (tertiary/aromatic N) is 2. The fraction of sp³-hybridized carbons (Fsp3) is 0.600. The summed E-state index contributed by atoms with van der Waals surface area (Å²) in [4.78, 5) is 43.4. The minimum Gasteiger partial charge on any atom is -0.549 e. The third kappa shape index (κ3) is 22.7. The van der Waals surface area contributed by atoms with Gasteiger partial charge in [-0.05, 0) is 0 Å². The van der Waals surface area contributed by atoms with E-state index in [1.54, 1.807) is 0 Å². The molecule has 13 heteroatoms. The summed E-state index contributed by atoms with van der Waals surface area (Å²) in [6.45, 7) is -3.25. The van der Waals surface area contributed by atoms with Gasteiger partial charge in [0.05, 0.1) is 23.9 Å². The molecule has 0 saturated carbocycles. The maximum absolute atomic E-state index is 10.4. The molecule has 0 aromatic carbocycles. The first-order valence-electron chi connectivity index (χ1n) is 5.44. The number of carboxylic acids is 4. The Morgan fingerprint density at radius 3 is 0.870 bits per heavy atom. The van der Waals surface area contributed by atoms with Crippen molar-refractivity contribution in [2.75, 3.05) is 39.3 Å². The number of hydrogen-bond acceptors (Lipinski definition) is 10. The van der Waals surface area contributed by atoms with Crippen molar-refractivity contribution in [3.8, 4) is 0 Å². The molecule has 10 nitrogen and oxygen atoms in total. The Bertz CT molecular complexity index is 334. The van der Waals surface area contributed by atoms with Gasteiger partial charge < -0.3 is 39.6 Å². The largest absolute Gasteiger partial charge is 1.00 e. The van der Waals surface area contributed by atoms with Crippen molar-refractivity contribution in [2.45, 2.75) is 0 Å². The van der Waals surface area contributed by atoms with Gasteiger partial charge in [-0.3, -0.25) is 9.80 Å². The summed E-state index contributed by atoms with van der Waals surface area (Å²) in [5, 5.41) is 41.6. The molecule has 0 aliphatic carbocycles. The second-order valence-corrected chi connectivity index (χ2v) is 3.91. The van der Waals surface area contributed by atoms with Gasteiger partial charge in [0.1, 0.15) is 0 Å². The molecule has 0 saturated heterocycles. The Labute approximate surface area is 262 Å². The average Bonchev–Trinajstić information content (AvgIpc) is 2.22. The van der Waals surface area contributed by atoms with Crippen LogP contribution in [0.25, 0.3) is 0 Å². The quantitative estimate of drug-likeness (QED) is 0.300. The Morgan fingerprint density at radius 1 is 0.565 bits per heavy atom. The van der Waals surface area contributed by atoms with Crippen molar-refractivity contribution in [3.05, 3.63) is 0 Å². The molecule has 0 unspecified atom stereocenters. The summed E-state index contributed by atoms with van der Waals surface area (Å²) in [6, 6.07) is 0. The maximum atomic E-state index is 10.4. The summed E-state index contributed by atoms with van der Waals surface area (Å²) in [7, 11) is 0. The minimum absolute atomic E-state index is 0. The molecule has 23 heavy (non-hydrogen) atoms. The predicted molar refractivity (Wildman–Crippen MR) is 54.0 cm³/mol. The smallest absolute Gasteiger partial charge is 0.549 e. The van der Waals surface area contributed by atoms with E-state index in [-0.39, 0.29) is 169 Å². The van der Waals surface area contributed by atoms with Gasteiger partial charge in [-0.25, -0.2) is 0 Å². The van der Waals surface area contributed by atoms with Crippen LogP contribution in [-0.4, -0.2) is 72.9 Å². The fourth-order valence-electron chi connectivity index (χ4n) is 1.44. The third-order valence-corrected chi connectivity index (χ3v) is 2.14. The van der Waals surface area contributed by atoms with Gasteiger partial charge in [-0.2, -0.15) is 0 Å². The topological polar surface area (TPSA) is 167 Å². The molecular weight excluding hydrogens is 393 g/mol. The summed E-state index contributed by atoms with van der Waals surface area (Å²) in [5.74, 6) is -6.12. The molecule has 0 amide bonds. The van der Waals surface area contributed by atoms with Crippen LogP contribution in [0.1, 0.15) is 1.43 Å². The van der Waals surface area contributed by atoms with Crippen LogP contribution in [0.3, 0.4) is 0 Å². The maximum Gasteiger partial charge on any atom is 1.00 e. The summed E-state index contributed by atoms with van der Waals surface area (Å²) >= 11 is 0. The van der Waals surface area contributed by atoms with Gasteiger partial charge in [0.25, 0.3) is 0 Å². The zero-order chi connectivity index (χ0) is 15.7. The van der Waals surface area contributed by atoms with Crippen LogP contribution in [-0.2, 0) is 19.2 Å². The van der Waals surface area contributed by atoms with Crippen LogP contribution in [0.5, 0.6) is 0 Å². The molecule has 0 aliphatic rings. The molecule has 0 N–H and O–H groups in total. The van der Waals surface area contributed by atoms with E-state index in [0.29, 0.717) is 0 Å². The Kier molecular flexibility index (Phi) is 28.2. The monoisotopic (exact) mass is 406 g/mol. The third-order valence-electron chi connectivity index (χ3n) is 2.14. The SMILES string of the molecule is O=C([O-])CN(CCN(CC(=O)[O-])CC(=O)[O-])CC(=O)[O-].[H+].[K+].[K+].[K+]. The van der Waals surface area contributed by atoms with Crippen molar-refractivity contribution >= 4 is 23.9 Å². The van der Waals surface area contributed by atoms with E-state index in [4.69, 9.17) is 0 Å². The Hall–Kier alpha value is 2.71. The zero-order valence-corrected chi connectivity index (χ0v) is 22.8. The van der Waals surface area contributed by atoms with Crippen molar-refractivity contribution in [1.29, 1.82) is 0 Å². The van der Waals surface area contributed by atoms with Gasteiger partial charge in [-0.1, -0.05) is 0 Å². The summed E-state index contributed by atoms with van der Waals surface area (Å²) < 4.78 is 0. The molecule has 0 radical (unpaired) electrons. The standard InChI is InChI=1S/C10H16N2O8.3K/c13-7(14)3-11(4-8(15)16)1-2-12(5-9(17)18)6-10(19)20;;;/h1-6H2,(H,13,14)(H,15,16)(H,17,18)(H,19,20);;;/q;3*+1/p-3. The van der Waals surface area contributed by atoms with Crippen LogP contribution in [0.4, 0.5) is 0 Å². The van der Waals surface area contributed by atoms with Crippen LogP contribution < -0.4 is 175 Å². The van der Waals surface area contributed by atoms with Gasteiger partial charge in [0.15, 0.2) is 0 Å². The first kappa shape index (κ1) is 33.3. The molecule has 0 aliphatic heterocycles. The van der Waals surface area contributed by atoms with E-state index >= 15 is 0 Å². The summed E-state index contributed by atoms with van der Waals surface area (Å²) in [6.07, 6.45) is 0. The van der Waals surface area contributed by atoms with Crippen molar-refractivity contribution in [3.63, 3.8) is 0 Å². The molecule has 0 bridgehead atoms. The average molecular weight is 407 g/mol. The Balaban J connectivity index is -0.000000301. The van der Waals surface area contributed by atoms with Crippen molar-refractivity contribution in [2.24, 2.45) is 0 Å². The van der Waals surface area contributed by atoms with E-state index in [1.165, 1.54) is 0 Å². The molecule has 0 aromatic heterocycles. The van der Waals surface area contributed by atoms with Crippen LogP contribution >= 0.6 is 0 Å². The van der Waals surface area contributed by atoms with Crippen LogP contribution in [0.15, 0.2) is 0 Å². The zero-order valence-electron chi connectivity index (χ0n) is 14.4. The molecule has 0 spiro atoms. The second-order valence-electron chi connectivity index (χ2n) is 3.91. The molecule has 0 heterocycles. The van der Waals surface area contributed by atoms with E-state index in [1.807, 2.05) is 0 Å².